The summed E-state index contributed by atoms with van der Waals surface area (Å²) in [5.74, 6) is 1.67. The first-order chi connectivity index (χ1) is 14.8. The van der Waals surface area contributed by atoms with E-state index in [1.807, 2.05) is 28.9 Å². The van der Waals surface area contributed by atoms with Gasteiger partial charge in [-0.2, -0.15) is 0 Å². The van der Waals surface area contributed by atoms with Gasteiger partial charge in [0.15, 0.2) is 5.82 Å². The molecule has 30 heavy (non-hydrogen) atoms. The van der Waals surface area contributed by atoms with Crippen LogP contribution in [0.1, 0.15) is 48.9 Å². The van der Waals surface area contributed by atoms with Gasteiger partial charge in [-0.3, -0.25) is 9.80 Å². The molecule has 2 fully saturated rings. The van der Waals surface area contributed by atoms with E-state index in [2.05, 4.69) is 37.5 Å². The molecule has 1 aromatic carbocycles. The smallest absolute Gasteiger partial charge is 0.173 e. The molecular weight excluding hydrogens is 400 g/mol. The highest BCUT2D eigenvalue weighted by molar-refractivity contribution is 6.30. The average molecular weight is 427 g/mol. The van der Waals surface area contributed by atoms with Crippen molar-refractivity contribution >= 4 is 11.6 Å². The molecule has 0 spiro atoms. The van der Waals surface area contributed by atoms with E-state index in [-0.39, 0.29) is 6.04 Å². The van der Waals surface area contributed by atoms with E-state index in [0.29, 0.717) is 6.54 Å². The molecule has 0 N–H and O–H groups in total. The summed E-state index contributed by atoms with van der Waals surface area (Å²) in [7, 11) is 0. The van der Waals surface area contributed by atoms with Crippen LogP contribution in [0, 0.1) is 0 Å². The lowest BCUT2D eigenvalue weighted by Crippen LogP contribution is -2.51. The second-order valence-electron chi connectivity index (χ2n) is 8.24. The van der Waals surface area contributed by atoms with Crippen LogP contribution in [0.2, 0.25) is 5.02 Å². The second-order valence-corrected chi connectivity index (χ2v) is 8.67. The summed E-state index contributed by atoms with van der Waals surface area (Å²) in [4.78, 5) is 5.17. The Hall–Kier alpha value is -2.22. The van der Waals surface area contributed by atoms with Gasteiger partial charge in [-0.1, -0.05) is 36.6 Å². The van der Waals surface area contributed by atoms with Crippen LogP contribution in [-0.2, 0) is 6.54 Å². The summed E-state index contributed by atoms with van der Waals surface area (Å²) in [5.41, 5.74) is 1.16. The highest BCUT2D eigenvalue weighted by Crippen LogP contribution is 2.31. The topological polar surface area (TPSA) is 63.2 Å². The number of halogens is 1. The van der Waals surface area contributed by atoms with Gasteiger partial charge in [0.05, 0.1) is 12.3 Å². The fourth-order valence-corrected chi connectivity index (χ4v) is 4.99. The third kappa shape index (κ3) is 4.15. The predicted molar refractivity (Wildman–Crippen MR) is 114 cm³/mol. The second kappa shape index (κ2) is 8.88. The number of tetrazole rings is 1. The molecule has 5 rings (SSSR count). The van der Waals surface area contributed by atoms with E-state index in [4.69, 9.17) is 16.0 Å². The molecule has 3 aromatic rings. The van der Waals surface area contributed by atoms with E-state index in [1.54, 1.807) is 6.26 Å². The summed E-state index contributed by atoms with van der Waals surface area (Å²) in [6, 6.07) is 12.6. The van der Waals surface area contributed by atoms with Crippen LogP contribution >= 0.6 is 11.6 Å². The van der Waals surface area contributed by atoms with Gasteiger partial charge in [0, 0.05) is 37.2 Å². The molecule has 1 atom stereocenters. The Morgan fingerprint density at radius 3 is 2.50 bits per heavy atom. The number of benzene rings is 1. The molecule has 0 bridgehead atoms. The van der Waals surface area contributed by atoms with Crippen molar-refractivity contribution in [3.05, 3.63) is 64.8 Å². The van der Waals surface area contributed by atoms with Gasteiger partial charge in [0.25, 0.3) is 0 Å². The van der Waals surface area contributed by atoms with Crippen molar-refractivity contribution in [3.63, 3.8) is 0 Å². The van der Waals surface area contributed by atoms with Crippen molar-refractivity contribution in [2.24, 2.45) is 0 Å². The summed E-state index contributed by atoms with van der Waals surface area (Å²) >= 11 is 6.17. The number of aromatic nitrogens is 4. The molecule has 2 aromatic heterocycles. The summed E-state index contributed by atoms with van der Waals surface area (Å²) in [6.07, 6.45) is 7.13. The Labute approximate surface area is 181 Å². The van der Waals surface area contributed by atoms with Crippen LogP contribution in [-0.4, -0.2) is 62.2 Å². The molecule has 1 aliphatic carbocycles. The Kier molecular flexibility index (Phi) is 5.84. The van der Waals surface area contributed by atoms with Crippen molar-refractivity contribution < 1.29 is 4.42 Å². The highest BCUT2D eigenvalue weighted by Gasteiger charge is 2.33. The average Bonchev–Trinajstić information content (AvgIpc) is 3.54. The maximum absolute atomic E-state index is 6.17. The maximum Gasteiger partial charge on any atom is 0.173 e. The Morgan fingerprint density at radius 1 is 1.03 bits per heavy atom. The monoisotopic (exact) mass is 426 g/mol. The van der Waals surface area contributed by atoms with Crippen molar-refractivity contribution in [1.29, 1.82) is 0 Å². The van der Waals surface area contributed by atoms with Gasteiger partial charge in [0.1, 0.15) is 12.3 Å². The molecule has 2 aliphatic rings. The van der Waals surface area contributed by atoms with Crippen molar-refractivity contribution in [2.45, 2.75) is 44.3 Å². The largest absolute Gasteiger partial charge is 0.467 e. The zero-order valence-electron chi connectivity index (χ0n) is 17.0. The van der Waals surface area contributed by atoms with Crippen molar-refractivity contribution in [3.8, 4) is 0 Å². The van der Waals surface area contributed by atoms with Gasteiger partial charge in [-0.05, 0) is 53.1 Å². The molecule has 1 saturated heterocycles. The fraction of sp³-hybridized carbons (Fsp3) is 0.500. The standard InChI is InChI=1S/C22H27ClN6O/c23-18-9-7-17(8-10-18)21(22-24-25-26-29(22)16-20-6-3-15-30-20)28-13-11-27(12-14-28)19-4-1-2-5-19/h3,6-10,15,19,21H,1-2,4-5,11-14,16H2. The van der Waals surface area contributed by atoms with Crippen LogP contribution in [0.15, 0.2) is 47.1 Å². The molecule has 7 nitrogen and oxygen atoms in total. The minimum absolute atomic E-state index is 0.0158. The first-order valence-electron chi connectivity index (χ1n) is 10.8. The number of piperazine rings is 1. The first kappa shape index (κ1) is 19.7. The van der Waals surface area contributed by atoms with Gasteiger partial charge in [-0.15, -0.1) is 5.10 Å². The molecule has 1 unspecified atom stereocenters. The summed E-state index contributed by atoms with van der Waals surface area (Å²) in [5, 5.41) is 13.4. The molecule has 8 heteroatoms. The Morgan fingerprint density at radius 2 is 1.80 bits per heavy atom. The Balaban J connectivity index is 1.41. The zero-order chi connectivity index (χ0) is 20.3. The van der Waals surface area contributed by atoms with E-state index in [0.717, 1.165) is 54.4 Å². The van der Waals surface area contributed by atoms with E-state index < -0.39 is 0 Å². The minimum atomic E-state index is -0.0158. The highest BCUT2D eigenvalue weighted by atomic mass is 35.5. The van der Waals surface area contributed by atoms with Crippen LogP contribution in [0.25, 0.3) is 0 Å². The van der Waals surface area contributed by atoms with Crippen LogP contribution < -0.4 is 0 Å². The molecule has 1 aliphatic heterocycles. The maximum atomic E-state index is 6.17. The molecule has 1 saturated carbocycles. The first-order valence-corrected chi connectivity index (χ1v) is 11.2. The Bertz CT molecular complexity index is 927. The van der Waals surface area contributed by atoms with Crippen molar-refractivity contribution in [1.82, 2.24) is 30.0 Å². The van der Waals surface area contributed by atoms with Gasteiger partial charge < -0.3 is 4.42 Å². The van der Waals surface area contributed by atoms with Crippen LogP contribution in [0.4, 0.5) is 0 Å². The quantitative estimate of drug-likeness (QED) is 0.600. The van der Waals surface area contributed by atoms with Crippen LogP contribution in [0.3, 0.4) is 0 Å². The number of rotatable bonds is 6. The molecule has 3 heterocycles. The third-order valence-electron chi connectivity index (χ3n) is 6.43. The van der Waals surface area contributed by atoms with E-state index in [1.165, 1.54) is 25.7 Å². The molecular formula is C22H27ClN6O. The number of hydrogen-bond donors (Lipinski definition) is 0. The number of hydrogen-bond acceptors (Lipinski definition) is 6. The lowest BCUT2D eigenvalue weighted by molar-refractivity contribution is 0.0770. The van der Waals surface area contributed by atoms with E-state index >= 15 is 0 Å². The predicted octanol–water partition coefficient (Wildman–Crippen LogP) is 3.62. The van der Waals surface area contributed by atoms with Gasteiger partial charge >= 0.3 is 0 Å². The van der Waals surface area contributed by atoms with Crippen molar-refractivity contribution in [2.75, 3.05) is 26.2 Å². The van der Waals surface area contributed by atoms with Crippen LogP contribution in [0.5, 0.6) is 0 Å². The lowest BCUT2D eigenvalue weighted by atomic mass is 10.0. The van der Waals surface area contributed by atoms with Gasteiger partial charge in [0.2, 0.25) is 0 Å². The fourth-order valence-electron chi connectivity index (χ4n) is 4.87. The summed E-state index contributed by atoms with van der Waals surface area (Å²) in [6.45, 7) is 4.69. The zero-order valence-corrected chi connectivity index (χ0v) is 17.8. The number of furan rings is 1. The third-order valence-corrected chi connectivity index (χ3v) is 6.68. The van der Waals surface area contributed by atoms with E-state index in [9.17, 15) is 0 Å². The minimum Gasteiger partial charge on any atom is -0.467 e. The summed E-state index contributed by atoms with van der Waals surface area (Å²) < 4.78 is 7.37. The number of nitrogens with zero attached hydrogens (tertiary/aromatic N) is 6. The molecule has 158 valence electrons. The normalized spacial score (nSPS) is 20.0. The molecule has 0 radical (unpaired) electrons. The molecule has 0 amide bonds. The van der Waals surface area contributed by atoms with Gasteiger partial charge in [-0.25, -0.2) is 4.68 Å². The SMILES string of the molecule is Clc1ccc(C(c2nnnn2Cc2ccco2)N2CCN(C3CCCC3)CC2)cc1. The lowest BCUT2D eigenvalue weighted by Gasteiger charge is -2.41.